The fourth-order valence-electron chi connectivity index (χ4n) is 1.67. The van der Waals surface area contributed by atoms with Crippen LogP contribution in [0.2, 0.25) is 0 Å². The largest absolute Gasteiger partial charge is 0.477 e. The normalized spacial score (nSPS) is 10.5. The maximum Gasteiger partial charge on any atom is 0.348 e. The van der Waals surface area contributed by atoms with Gasteiger partial charge in [-0.05, 0) is 31.7 Å². The van der Waals surface area contributed by atoms with Crippen LogP contribution in [0.15, 0.2) is 5.38 Å². The van der Waals surface area contributed by atoms with Crippen molar-refractivity contribution in [3.63, 3.8) is 0 Å². The van der Waals surface area contributed by atoms with Crippen molar-refractivity contribution in [1.82, 2.24) is 4.98 Å². The predicted molar refractivity (Wildman–Crippen MR) is 75.6 cm³/mol. The Morgan fingerprint density at radius 3 is 2.47 bits per heavy atom. The van der Waals surface area contributed by atoms with E-state index in [-0.39, 0.29) is 10.8 Å². The van der Waals surface area contributed by atoms with Crippen LogP contribution in [0.1, 0.15) is 35.6 Å². The number of carbonyl (C=O) groups is 2. The molecular formula is C12H12N2O3S2. The Morgan fingerprint density at radius 1 is 1.26 bits per heavy atom. The lowest BCUT2D eigenvalue weighted by Gasteiger charge is -2.05. The lowest BCUT2D eigenvalue weighted by Crippen LogP contribution is -2.14. The molecule has 5 nitrogen and oxygen atoms in total. The number of thiazole rings is 1. The summed E-state index contributed by atoms with van der Waals surface area (Å²) in [4.78, 5) is 28.1. The summed E-state index contributed by atoms with van der Waals surface area (Å²) in [6.07, 6.45) is 0. The number of thiophene rings is 1. The first-order chi connectivity index (χ1) is 8.90. The molecule has 0 spiro atoms. The zero-order chi connectivity index (χ0) is 14.2. The molecule has 0 saturated carbocycles. The van der Waals surface area contributed by atoms with E-state index in [1.54, 1.807) is 19.2 Å². The third kappa shape index (κ3) is 2.66. The Balaban J connectivity index is 2.31. The van der Waals surface area contributed by atoms with Gasteiger partial charge in [-0.3, -0.25) is 4.79 Å². The standard InChI is InChI=1S/C12H12N2O3S2/c1-5-4-18-10(12(16)17)8(5)14-11(15)9-6(2)13-7(3)19-9/h4H,1-3H3,(H,14,15)(H,16,17). The van der Waals surface area contributed by atoms with Crippen LogP contribution in [-0.4, -0.2) is 22.0 Å². The number of rotatable bonds is 3. The molecule has 2 rings (SSSR count). The van der Waals surface area contributed by atoms with Gasteiger partial charge in [0.05, 0.1) is 16.4 Å². The van der Waals surface area contributed by atoms with E-state index in [2.05, 4.69) is 10.3 Å². The van der Waals surface area contributed by atoms with Crippen molar-refractivity contribution in [3.8, 4) is 0 Å². The molecule has 0 aliphatic heterocycles. The van der Waals surface area contributed by atoms with Crippen molar-refractivity contribution >= 4 is 40.2 Å². The van der Waals surface area contributed by atoms with Crippen molar-refractivity contribution in [2.24, 2.45) is 0 Å². The van der Waals surface area contributed by atoms with E-state index < -0.39 is 5.97 Å². The molecule has 0 radical (unpaired) electrons. The van der Waals surface area contributed by atoms with Crippen molar-refractivity contribution in [3.05, 3.63) is 31.4 Å². The van der Waals surface area contributed by atoms with Gasteiger partial charge in [0.25, 0.3) is 5.91 Å². The molecule has 1 amide bonds. The average Bonchev–Trinajstić information content (AvgIpc) is 2.83. The average molecular weight is 296 g/mol. The van der Waals surface area contributed by atoms with Gasteiger partial charge in [0.15, 0.2) is 0 Å². The molecule has 2 aromatic heterocycles. The van der Waals surface area contributed by atoms with Crippen molar-refractivity contribution in [1.29, 1.82) is 0 Å². The molecule has 0 aromatic carbocycles. The number of carboxylic acid groups (broad SMARTS) is 1. The highest BCUT2D eigenvalue weighted by Crippen LogP contribution is 2.29. The minimum absolute atomic E-state index is 0.143. The smallest absolute Gasteiger partial charge is 0.348 e. The maximum absolute atomic E-state index is 12.1. The van der Waals surface area contributed by atoms with Gasteiger partial charge in [-0.15, -0.1) is 22.7 Å². The van der Waals surface area contributed by atoms with E-state index in [9.17, 15) is 9.59 Å². The number of nitrogens with one attached hydrogen (secondary N) is 1. The van der Waals surface area contributed by atoms with Crippen LogP contribution in [0.3, 0.4) is 0 Å². The molecule has 0 fully saturated rings. The molecule has 0 saturated heterocycles. The predicted octanol–water partition coefficient (Wildman–Crippen LogP) is 3.08. The summed E-state index contributed by atoms with van der Waals surface area (Å²) < 4.78 is 0. The van der Waals surface area contributed by atoms with Crippen LogP contribution in [0.4, 0.5) is 5.69 Å². The highest BCUT2D eigenvalue weighted by atomic mass is 32.1. The molecule has 19 heavy (non-hydrogen) atoms. The van der Waals surface area contributed by atoms with Crippen LogP contribution in [-0.2, 0) is 0 Å². The molecule has 0 unspecified atom stereocenters. The van der Waals surface area contributed by atoms with E-state index in [4.69, 9.17) is 5.11 Å². The van der Waals surface area contributed by atoms with E-state index in [1.165, 1.54) is 11.3 Å². The third-order valence-corrected chi connectivity index (χ3v) is 4.67. The Bertz CT molecular complexity index is 658. The molecular weight excluding hydrogens is 284 g/mol. The first-order valence-corrected chi connectivity index (χ1v) is 7.16. The summed E-state index contributed by atoms with van der Waals surface area (Å²) in [6, 6.07) is 0. The van der Waals surface area contributed by atoms with Crippen LogP contribution in [0, 0.1) is 20.8 Å². The summed E-state index contributed by atoms with van der Waals surface area (Å²) in [6.45, 7) is 5.35. The van der Waals surface area contributed by atoms with Gasteiger partial charge in [-0.1, -0.05) is 0 Å². The Morgan fingerprint density at radius 2 is 1.95 bits per heavy atom. The molecule has 2 aromatic rings. The van der Waals surface area contributed by atoms with Gasteiger partial charge < -0.3 is 10.4 Å². The summed E-state index contributed by atoms with van der Waals surface area (Å²) >= 11 is 2.40. The lowest BCUT2D eigenvalue weighted by molar-refractivity contribution is 0.0703. The van der Waals surface area contributed by atoms with Gasteiger partial charge in [-0.2, -0.15) is 0 Å². The van der Waals surface area contributed by atoms with E-state index in [0.717, 1.165) is 21.9 Å². The van der Waals surface area contributed by atoms with Crippen molar-refractivity contribution in [2.45, 2.75) is 20.8 Å². The van der Waals surface area contributed by atoms with Gasteiger partial charge in [0.2, 0.25) is 0 Å². The van der Waals surface area contributed by atoms with Crippen LogP contribution in [0.25, 0.3) is 0 Å². The fraction of sp³-hybridized carbons (Fsp3) is 0.250. The zero-order valence-corrected chi connectivity index (χ0v) is 12.2. The monoisotopic (exact) mass is 296 g/mol. The number of anilines is 1. The summed E-state index contributed by atoms with van der Waals surface area (Å²) in [5, 5.41) is 14.3. The number of aryl methyl sites for hydroxylation is 3. The van der Waals surface area contributed by atoms with Crippen LogP contribution < -0.4 is 5.32 Å². The van der Waals surface area contributed by atoms with Crippen molar-refractivity contribution in [2.75, 3.05) is 5.32 Å². The Labute approximate surface area is 117 Å². The minimum atomic E-state index is -1.04. The van der Waals surface area contributed by atoms with E-state index >= 15 is 0 Å². The second kappa shape index (κ2) is 5.10. The summed E-state index contributed by atoms with van der Waals surface area (Å²) in [5.41, 5.74) is 1.77. The fourth-order valence-corrected chi connectivity index (χ4v) is 3.33. The summed E-state index contributed by atoms with van der Waals surface area (Å²) in [7, 11) is 0. The van der Waals surface area contributed by atoms with Gasteiger partial charge in [0.1, 0.15) is 9.75 Å². The summed E-state index contributed by atoms with van der Waals surface area (Å²) in [5.74, 6) is -1.35. The highest BCUT2D eigenvalue weighted by Gasteiger charge is 2.20. The van der Waals surface area contributed by atoms with Gasteiger partial charge >= 0.3 is 5.97 Å². The van der Waals surface area contributed by atoms with E-state index in [0.29, 0.717) is 16.3 Å². The topological polar surface area (TPSA) is 79.3 Å². The maximum atomic E-state index is 12.1. The molecule has 0 bridgehead atoms. The Kier molecular flexibility index (Phi) is 3.68. The highest BCUT2D eigenvalue weighted by molar-refractivity contribution is 7.14. The number of carbonyl (C=O) groups excluding carboxylic acids is 1. The number of aromatic carboxylic acids is 1. The van der Waals surface area contributed by atoms with Gasteiger partial charge in [0, 0.05) is 0 Å². The first-order valence-electron chi connectivity index (χ1n) is 5.47. The SMILES string of the molecule is Cc1nc(C)c(C(=O)Nc2c(C)csc2C(=O)O)s1. The minimum Gasteiger partial charge on any atom is -0.477 e. The molecule has 2 heterocycles. The molecule has 0 atom stereocenters. The van der Waals surface area contributed by atoms with E-state index in [1.807, 2.05) is 6.92 Å². The molecule has 0 aliphatic rings. The molecule has 0 aliphatic carbocycles. The number of nitrogens with zero attached hydrogens (tertiary/aromatic N) is 1. The Hall–Kier alpha value is -1.73. The number of amides is 1. The quantitative estimate of drug-likeness (QED) is 0.912. The number of aromatic nitrogens is 1. The number of hydrogen-bond acceptors (Lipinski definition) is 5. The van der Waals surface area contributed by atoms with Gasteiger partial charge in [-0.25, -0.2) is 9.78 Å². The molecule has 7 heteroatoms. The lowest BCUT2D eigenvalue weighted by atomic mass is 10.2. The van der Waals surface area contributed by atoms with Crippen LogP contribution in [0.5, 0.6) is 0 Å². The number of hydrogen-bond donors (Lipinski definition) is 2. The van der Waals surface area contributed by atoms with Crippen LogP contribution >= 0.6 is 22.7 Å². The second-order valence-electron chi connectivity index (χ2n) is 4.03. The molecule has 100 valence electrons. The number of carboxylic acids is 1. The zero-order valence-electron chi connectivity index (χ0n) is 10.6. The third-order valence-electron chi connectivity index (χ3n) is 2.52. The first kappa shape index (κ1) is 13.7. The second-order valence-corrected chi connectivity index (χ2v) is 6.11. The molecule has 2 N–H and O–H groups in total. The van der Waals surface area contributed by atoms with Crippen molar-refractivity contribution < 1.29 is 14.7 Å².